The summed E-state index contributed by atoms with van der Waals surface area (Å²) in [5.41, 5.74) is 4.49. The van der Waals surface area contributed by atoms with Crippen LogP contribution in [-0.4, -0.2) is 82.9 Å². The van der Waals surface area contributed by atoms with E-state index in [-0.39, 0.29) is 0 Å². The number of carboxylic acids is 2. The van der Waals surface area contributed by atoms with Crippen molar-refractivity contribution in [3.63, 3.8) is 0 Å². The summed E-state index contributed by atoms with van der Waals surface area (Å²) in [4.78, 5) is 27.4. The number of hydrogen-bond acceptors (Lipinski definition) is 8. The molecule has 16 heteroatoms. The molecule has 1 aliphatic heterocycles. The molecule has 214 valence electrons. The van der Waals surface area contributed by atoms with Crippen LogP contribution in [0.15, 0.2) is 16.7 Å². The van der Waals surface area contributed by atoms with E-state index in [9.17, 15) is 26.3 Å². The smallest absolute Gasteiger partial charge is 0.475 e. The second-order valence-electron chi connectivity index (χ2n) is 8.03. The number of alkyl halides is 6. The van der Waals surface area contributed by atoms with E-state index in [0.29, 0.717) is 6.61 Å². The van der Waals surface area contributed by atoms with Crippen molar-refractivity contribution in [1.82, 2.24) is 15.0 Å². The molecule has 2 aromatic heterocycles. The maximum Gasteiger partial charge on any atom is 0.490 e. The Morgan fingerprint density at radius 1 is 1.03 bits per heavy atom. The minimum absolute atomic E-state index is 0.707. The van der Waals surface area contributed by atoms with Crippen LogP contribution < -0.4 is 4.90 Å². The number of methoxy groups -OCH3 is 1. The molecular formula is C22H28F6N4O6. The molecule has 0 unspecified atom stereocenters. The summed E-state index contributed by atoms with van der Waals surface area (Å²) in [6, 6.07) is 4.29. The second-order valence-corrected chi connectivity index (χ2v) is 8.03. The number of aliphatic carboxylic acids is 2. The number of fused-ring (bicyclic) bond motifs is 1. The van der Waals surface area contributed by atoms with Gasteiger partial charge >= 0.3 is 24.3 Å². The Labute approximate surface area is 213 Å². The molecule has 0 aliphatic carbocycles. The van der Waals surface area contributed by atoms with E-state index in [1.165, 1.54) is 11.1 Å². The average molecular weight is 558 g/mol. The van der Waals surface area contributed by atoms with Gasteiger partial charge in [-0.3, -0.25) is 4.90 Å². The topological polar surface area (TPSA) is 129 Å². The molecule has 10 nitrogen and oxygen atoms in total. The molecule has 3 heterocycles. The first-order chi connectivity index (χ1) is 17.5. The van der Waals surface area contributed by atoms with Gasteiger partial charge in [0.15, 0.2) is 0 Å². The van der Waals surface area contributed by atoms with E-state index < -0.39 is 24.3 Å². The molecule has 0 fully saturated rings. The Morgan fingerprint density at radius 2 is 1.58 bits per heavy atom. The minimum Gasteiger partial charge on any atom is -0.475 e. The lowest BCUT2D eigenvalue weighted by Gasteiger charge is -2.23. The third kappa shape index (κ3) is 10.5. The Morgan fingerprint density at radius 3 is 2.03 bits per heavy atom. The van der Waals surface area contributed by atoms with Gasteiger partial charge in [-0.15, -0.1) is 0 Å². The molecular weight excluding hydrogens is 530 g/mol. The molecule has 0 atom stereocenters. The maximum atomic E-state index is 10.6. The first-order valence-electron chi connectivity index (χ1n) is 10.9. The number of anilines is 1. The van der Waals surface area contributed by atoms with Gasteiger partial charge in [0, 0.05) is 56.7 Å². The molecule has 0 saturated carbocycles. The third-order valence-electron chi connectivity index (χ3n) is 5.09. The van der Waals surface area contributed by atoms with E-state index in [2.05, 4.69) is 27.1 Å². The summed E-state index contributed by atoms with van der Waals surface area (Å²) in [7, 11) is 1.74. The number of aryl methyl sites for hydroxylation is 3. The molecule has 38 heavy (non-hydrogen) atoms. The minimum atomic E-state index is -5.08. The number of halogens is 6. The van der Waals surface area contributed by atoms with Crippen LogP contribution in [0.3, 0.4) is 0 Å². The first-order valence-corrected chi connectivity index (χ1v) is 10.9. The first kappa shape index (κ1) is 32.6. The molecule has 0 aromatic carbocycles. The predicted molar refractivity (Wildman–Crippen MR) is 121 cm³/mol. The van der Waals surface area contributed by atoms with E-state index in [1.807, 2.05) is 20.8 Å². The summed E-state index contributed by atoms with van der Waals surface area (Å²) in [6.45, 7) is 11.3. The zero-order valence-electron chi connectivity index (χ0n) is 21.0. The van der Waals surface area contributed by atoms with Crippen molar-refractivity contribution >= 4 is 17.8 Å². The summed E-state index contributed by atoms with van der Waals surface area (Å²) in [6.07, 6.45) is -10.2. The molecule has 0 saturated heterocycles. The highest BCUT2D eigenvalue weighted by molar-refractivity contribution is 5.73. The summed E-state index contributed by atoms with van der Waals surface area (Å²) in [5, 5.41) is 18.3. The highest BCUT2D eigenvalue weighted by Crippen LogP contribution is 2.25. The van der Waals surface area contributed by atoms with Crippen LogP contribution in [0, 0.1) is 20.8 Å². The van der Waals surface area contributed by atoms with Crippen LogP contribution in [0.4, 0.5) is 32.2 Å². The van der Waals surface area contributed by atoms with E-state index >= 15 is 0 Å². The van der Waals surface area contributed by atoms with Crippen LogP contribution in [0.1, 0.15) is 28.3 Å². The molecule has 0 amide bonds. The zero-order chi connectivity index (χ0) is 29.3. The van der Waals surface area contributed by atoms with Crippen molar-refractivity contribution < 1.29 is 55.4 Å². The molecule has 0 radical (unpaired) electrons. The lowest BCUT2D eigenvalue weighted by Crippen LogP contribution is -2.33. The van der Waals surface area contributed by atoms with E-state index in [4.69, 9.17) is 34.0 Å². The molecule has 3 rings (SSSR count). The Bertz CT molecular complexity index is 1030. The highest BCUT2D eigenvalue weighted by atomic mass is 19.4. The van der Waals surface area contributed by atoms with Crippen molar-refractivity contribution in [3.8, 4) is 0 Å². The Hall–Kier alpha value is -3.40. The predicted octanol–water partition coefficient (Wildman–Crippen LogP) is 3.73. The standard InChI is InChI=1S/C18H26N4O2.2C2HF3O2/c1-13-5-6-16-11-21(12-17-14(2)20-24-15(17)3)7-8-22(9-10-23-4)18(16)19-13;2*3-2(4,5)1(6)7/h5-6H,7-12H2,1-4H3;2*(H,6,7). The highest BCUT2D eigenvalue weighted by Gasteiger charge is 2.38. The van der Waals surface area contributed by atoms with Gasteiger partial charge in [-0.05, 0) is 26.8 Å². The molecule has 2 aromatic rings. The van der Waals surface area contributed by atoms with Crippen LogP contribution in [0.5, 0.6) is 0 Å². The number of aromatic nitrogens is 2. The van der Waals surface area contributed by atoms with Crippen LogP contribution >= 0.6 is 0 Å². The van der Waals surface area contributed by atoms with Crippen LogP contribution in [-0.2, 0) is 27.4 Å². The third-order valence-corrected chi connectivity index (χ3v) is 5.09. The van der Waals surface area contributed by atoms with Crippen molar-refractivity contribution in [1.29, 1.82) is 0 Å². The lowest BCUT2D eigenvalue weighted by atomic mass is 10.1. The fourth-order valence-electron chi connectivity index (χ4n) is 3.16. The number of pyridine rings is 1. The fraction of sp³-hybridized carbons (Fsp3) is 0.545. The molecule has 0 spiro atoms. The van der Waals surface area contributed by atoms with Crippen molar-refractivity contribution in [3.05, 3.63) is 40.4 Å². The fourth-order valence-corrected chi connectivity index (χ4v) is 3.16. The second kappa shape index (κ2) is 13.9. The molecule has 0 bridgehead atoms. The number of nitrogens with zero attached hydrogens (tertiary/aromatic N) is 4. The number of carbonyl (C=O) groups is 2. The SMILES string of the molecule is COCCN1CCN(Cc2c(C)noc2C)Cc2ccc(C)nc21.O=C(O)C(F)(F)F.O=C(O)C(F)(F)F. The van der Waals surface area contributed by atoms with Crippen LogP contribution in [0.25, 0.3) is 0 Å². The van der Waals surface area contributed by atoms with Crippen molar-refractivity contribution in [2.45, 2.75) is 46.2 Å². The summed E-state index contributed by atoms with van der Waals surface area (Å²) in [5.74, 6) is -3.51. The van der Waals surface area contributed by atoms with E-state index in [0.717, 1.165) is 55.7 Å². The molecule has 2 N–H and O–H groups in total. The van der Waals surface area contributed by atoms with Gasteiger partial charge < -0.3 is 24.4 Å². The van der Waals surface area contributed by atoms with Gasteiger partial charge in [0.25, 0.3) is 0 Å². The Balaban J connectivity index is 0.000000426. The summed E-state index contributed by atoms with van der Waals surface area (Å²) < 4.78 is 74.1. The van der Waals surface area contributed by atoms with E-state index in [1.54, 1.807) is 7.11 Å². The van der Waals surface area contributed by atoms with Crippen molar-refractivity contribution in [2.75, 3.05) is 38.3 Å². The zero-order valence-corrected chi connectivity index (χ0v) is 21.0. The number of rotatable bonds is 5. The summed E-state index contributed by atoms with van der Waals surface area (Å²) >= 11 is 0. The quantitative estimate of drug-likeness (QED) is 0.524. The normalized spacial score (nSPS) is 13.9. The monoisotopic (exact) mass is 558 g/mol. The molecule has 1 aliphatic rings. The van der Waals surface area contributed by atoms with Gasteiger partial charge in [-0.2, -0.15) is 26.3 Å². The number of ether oxygens (including phenoxy) is 1. The number of carboxylic acid groups (broad SMARTS) is 2. The average Bonchev–Trinajstić information content (AvgIpc) is 3.01. The van der Waals surface area contributed by atoms with Crippen LogP contribution in [0.2, 0.25) is 0 Å². The van der Waals surface area contributed by atoms with Gasteiger partial charge in [0.05, 0.1) is 12.3 Å². The largest absolute Gasteiger partial charge is 0.490 e. The van der Waals surface area contributed by atoms with Gasteiger partial charge in [-0.1, -0.05) is 11.2 Å². The van der Waals surface area contributed by atoms with Gasteiger partial charge in [0.1, 0.15) is 11.6 Å². The van der Waals surface area contributed by atoms with Gasteiger partial charge in [-0.25, -0.2) is 14.6 Å². The number of hydrogen-bond donors (Lipinski definition) is 2. The van der Waals surface area contributed by atoms with Crippen molar-refractivity contribution in [2.24, 2.45) is 0 Å². The Kier molecular flexibility index (Phi) is 12.0. The maximum absolute atomic E-state index is 10.6. The van der Waals surface area contributed by atoms with Gasteiger partial charge in [0.2, 0.25) is 0 Å². The lowest BCUT2D eigenvalue weighted by molar-refractivity contribution is -0.193.